The Morgan fingerprint density at radius 3 is 2.35 bits per heavy atom. The summed E-state index contributed by atoms with van der Waals surface area (Å²) in [7, 11) is 0. The zero-order valence-electron chi connectivity index (χ0n) is 13.1. The van der Waals surface area contributed by atoms with E-state index in [-0.39, 0.29) is 17.9 Å². The summed E-state index contributed by atoms with van der Waals surface area (Å²) >= 11 is 8.05. The largest absolute Gasteiger partial charge is 0.459 e. The maximum atomic E-state index is 11.6. The molecule has 1 aromatic rings. The van der Waals surface area contributed by atoms with Crippen LogP contribution in [-0.2, 0) is 21.5 Å². The first-order valence-electron chi connectivity index (χ1n) is 6.69. The van der Waals surface area contributed by atoms with Gasteiger partial charge < -0.3 is 10.1 Å². The zero-order chi connectivity index (χ0) is 15.6. The first-order chi connectivity index (χ1) is 9.00. The summed E-state index contributed by atoms with van der Waals surface area (Å²) in [6, 6.07) is 0. The number of halogens is 1. The van der Waals surface area contributed by atoms with Gasteiger partial charge in [-0.15, -0.1) is 11.3 Å². The first-order valence-corrected chi connectivity index (χ1v) is 7.95. The fourth-order valence-electron chi connectivity index (χ4n) is 1.68. The van der Waals surface area contributed by atoms with Crippen LogP contribution in [0.5, 0.6) is 0 Å². The van der Waals surface area contributed by atoms with Gasteiger partial charge in [-0.2, -0.15) is 0 Å². The van der Waals surface area contributed by atoms with Crippen molar-refractivity contribution in [1.82, 2.24) is 5.32 Å². The summed E-state index contributed by atoms with van der Waals surface area (Å²) in [5.41, 5.74) is 0.633. The van der Waals surface area contributed by atoms with Gasteiger partial charge in [-0.3, -0.25) is 4.79 Å². The second-order valence-electron chi connectivity index (χ2n) is 6.84. The number of hydrogen-bond donors (Lipinski definition) is 1. The molecule has 0 aromatic carbocycles. The predicted molar refractivity (Wildman–Crippen MR) is 85.6 cm³/mol. The number of thiophene rings is 1. The average molecular weight is 318 g/mol. The lowest BCUT2D eigenvalue weighted by atomic mass is 9.94. The van der Waals surface area contributed by atoms with Gasteiger partial charge in [0.25, 0.3) is 0 Å². The molecule has 0 spiro atoms. The molecule has 0 fully saturated rings. The lowest BCUT2D eigenvalue weighted by Gasteiger charge is -2.19. The molecule has 1 rings (SSSR count). The van der Waals surface area contributed by atoms with E-state index >= 15 is 0 Å². The number of esters is 1. The summed E-state index contributed by atoms with van der Waals surface area (Å²) in [5.74, 6) is -0.250. The molecule has 0 bridgehead atoms. The minimum Gasteiger partial charge on any atom is -0.459 e. The number of rotatable bonds is 4. The summed E-state index contributed by atoms with van der Waals surface area (Å²) in [5, 5.41) is 5.93. The van der Waals surface area contributed by atoms with Crippen LogP contribution in [0.3, 0.4) is 0 Å². The molecule has 0 atom stereocenters. The van der Waals surface area contributed by atoms with E-state index in [0.717, 1.165) is 10.6 Å². The van der Waals surface area contributed by atoms with Gasteiger partial charge in [-0.25, -0.2) is 0 Å². The Morgan fingerprint density at radius 1 is 1.30 bits per heavy atom. The summed E-state index contributed by atoms with van der Waals surface area (Å²) < 4.78 is 5.23. The van der Waals surface area contributed by atoms with Gasteiger partial charge in [-0.1, -0.05) is 32.4 Å². The second kappa shape index (κ2) is 6.46. The molecule has 0 radical (unpaired) electrons. The van der Waals surface area contributed by atoms with Crippen molar-refractivity contribution in [2.75, 3.05) is 6.54 Å². The average Bonchev–Trinajstić information content (AvgIpc) is 2.57. The Balaban J connectivity index is 2.52. The van der Waals surface area contributed by atoms with Crippen LogP contribution in [0, 0.1) is 0 Å². The number of ether oxygens (including phenoxy) is 1. The predicted octanol–water partition coefficient (Wildman–Crippen LogP) is 4.13. The smallest absolute Gasteiger partial charge is 0.320 e. The molecule has 1 aromatic heterocycles. The zero-order valence-corrected chi connectivity index (χ0v) is 14.7. The number of nitrogens with one attached hydrogen (secondary N) is 1. The molecule has 0 saturated carbocycles. The minimum atomic E-state index is -0.446. The molecular formula is C15H24ClNO2S. The lowest BCUT2D eigenvalue weighted by molar-refractivity contribution is -0.153. The quantitative estimate of drug-likeness (QED) is 0.849. The van der Waals surface area contributed by atoms with Crippen LogP contribution < -0.4 is 5.32 Å². The fraction of sp³-hybridized carbons (Fsp3) is 0.667. The molecule has 0 aliphatic heterocycles. The standard InChI is InChI=1S/C15H24ClNO2S/c1-14(2,3)13-12(16)10(9-20-13)7-17-8-11(18)19-15(4,5)6/h9,17H,7-8H2,1-6H3. The third-order valence-electron chi connectivity index (χ3n) is 2.49. The van der Waals surface area contributed by atoms with Crippen molar-refractivity contribution < 1.29 is 9.53 Å². The van der Waals surface area contributed by atoms with Crippen LogP contribution in [0.15, 0.2) is 5.38 Å². The molecule has 0 amide bonds. The van der Waals surface area contributed by atoms with E-state index in [4.69, 9.17) is 16.3 Å². The lowest BCUT2D eigenvalue weighted by Crippen LogP contribution is -2.31. The van der Waals surface area contributed by atoms with Crippen LogP contribution in [0.4, 0.5) is 0 Å². The summed E-state index contributed by atoms with van der Waals surface area (Å²) in [4.78, 5) is 12.8. The van der Waals surface area contributed by atoms with Gasteiger partial charge in [0.2, 0.25) is 0 Å². The van der Waals surface area contributed by atoms with Gasteiger partial charge in [0.1, 0.15) is 5.60 Å². The van der Waals surface area contributed by atoms with Crippen molar-refractivity contribution in [2.45, 2.75) is 59.1 Å². The van der Waals surface area contributed by atoms with E-state index in [1.54, 1.807) is 11.3 Å². The molecule has 0 unspecified atom stereocenters. The van der Waals surface area contributed by atoms with Crippen molar-refractivity contribution in [3.63, 3.8) is 0 Å². The van der Waals surface area contributed by atoms with E-state index in [0.29, 0.717) is 6.54 Å². The van der Waals surface area contributed by atoms with Gasteiger partial charge in [0.05, 0.1) is 11.6 Å². The van der Waals surface area contributed by atoms with Crippen molar-refractivity contribution >= 4 is 28.9 Å². The molecular weight excluding hydrogens is 294 g/mol. The van der Waals surface area contributed by atoms with Crippen LogP contribution in [-0.4, -0.2) is 18.1 Å². The minimum absolute atomic E-state index is 0.0468. The Bertz CT molecular complexity index is 469. The summed E-state index contributed by atoms with van der Waals surface area (Å²) in [6.07, 6.45) is 0. The number of carbonyl (C=O) groups is 1. The highest BCUT2D eigenvalue weighted by atomic mass is 35.5. The Morgan fingerprint density at radius 2 is 1.90 bits per heavy atom. The fourth-order valence-corrected chi connectivity index (χ4v) is 3.33. The Hall–Kier alpha value is -0.580. The van der Waals surface area contributed by atoms with Gasteiger partial charge in [-0.05, 0) is 37.1 Å². The second-order valence-corrected chi connectivity index (χ2v) is 8.10. The van der Waals surface area contributed by atoms with Crippen molar-refractivity contribution in [3.05, 3.63) is 20.8 Å². The topological polar surface area (TPSA) is 38.3 Å². The highest BCUT2D eigenvalue weighted by Crippen LogP contribution is 2.37. The summed E-state index contributed by atoms with van der Waals surface area (Å²) in [6.45, 7) is 12.8. The van der Waals surface area contributed by atoms with Crippen LogP contribution >= 0.6 is 22.9 Å². The first kappa shape index (κ1) is 17.5. The maximum Gasteiger partial charge on any atom is 0.320 e. The van der Waals surface area contributed by atoms with E-state index in [2.05, 4.69) is 26.1 Å². The van der Waals surface area contributed by atoms with Crippen LogP contribution in [0.1, 0.15) is 52.0 Å². The normalized spacial score (nSPS) is 12.6. The van der Waals surface area contributed by atoms with Crippen molar-refractivity contribution in [3.8, 4) is 0 Å². The Kier molecular flexibility index (Phi) is 5.64. The monoisotopic (exact) mass is 317 g/mol. The molecule has 0 aliphatic carbocycles. The molecule has 0 aliphatic rings. The highest BCUT2D eigenvalue weighted by Gasteiger charge is 2.21. The Labute approximate surface area is 130 Å². The van der Waals surface area contributed by atoms with E-state index in [1.807, 2.05) is 26.2 Å². The third-order valence-corrected chi connectivity index (χ3v) is 4.48. The van der Waals surface area contributed by atoms with Crippen molar-refractivity contribution in [1.29, 1.82) is 0 Å². The van der Waals surface area contributed by atoms with Gasteiger partial charge in [0, 0.05) is 11.4 Å². The number of carbonyl (C=O) groups excluding carboxylic acids is 1. The van der Waals surface area contributed by atoms with E-state index in [9.17, 15) is 4.79 Å². The van der Waals surface area contributed by atoms with Crippen molar-refractivity contribution in [2.24, 2.45) is 0 Å². The van der Waals surface area contributed by atoms with Crippen LogP contribution in [0.2, 0.25) is 5.02 Å². The maximum absolute atomic E-state index is 11.6. The molecule has 5 heteroatoms. The molecule has 114 valence electrons. The molecule has 3 nitrogen and oxygen atoms in total. The van der Waals surface area contributed by atoms with Gasteiger partial charge in [0.15, 0.2) is 0 Å². The molecule has 1 N–H and O–H groups in total. The number of hydrogen-bond acceptors (Lipinski definition) is 4. The molecule has 20 heavy (non-hydrogen) atoms. The molecule has 0 saturated heterocycles. The van der Waals surface area contributed by atoms with Crippen LogP contribution in [0.25, 0.3) is 0 Å². The van der Waals surface area contributed by atoms with E-state index < -0.39 is 5.60 Å². The third kappa shape index (κ3) is 5.43. The highest BCUT2D eigenvalue weighted by molar-refractivity contribution is 7.11. The van der Waals surface area contributed by atoms with E-state index in [1.165, 1.54) is 4.88 Å². The van der Waals surface area contributed by atoms with Gasteiger partial charge >= 0.3 is 5.97 Å². The SMILES string of the molecule is CC(C)(C)OC(=O)CNCc1csc(C(C)(C)C)c1Cl. The molecule has 1 heterocycles.